The van der Waals surface area contributed by atoms with Crippen molar-refractivity contribution in [3.05, 3.63) is 78.1 Å². The summed E-state index contributed by atoms with van der Waals surface area (Å²) in [6.07, 6.45) is 4.33. The molecule has 0 unspecified atom stereocenters. The fourth-order valence-corrected chi connectivity index (χ4v) is 3.38. The number of rotatable bonds is 4. The first-order chi connectivity index (χ1) is 15.5. The molecule has 0 aliphatic carbocycles. The summed E-state index contributed by atoms with van der Waals surface area (Å²) in [5.74, 6) is -0.718. The van der Waals surface area contributed by atoms with E-state index in [1.165, 1.54) is 27.7 Å². The minimum Gasteiger partial charge on any atom is -0.318 e. The number of aryl methyl sites for hydroxylation is 2. The maximum atomic E-state index is 14.8. The molecule has 32 heavy (non-hydrogen) atoms. The number of fused-ring (bicyclic) bond motifs is 1. The predicted octanol–water partition coefficient (Wildman–Crippen LogP) is 3.29. The van der Waals surface area contributed by atoms with E-state index in [0.29, 0.717) is 22.7 Å². The molecule has 0 bridgehead atoms. The Bertz CT molecular complexity index is 1460. The van der Waals surface area contributed by atoms with Crippen LogP contribution >= 0.6 is 0 Å². The highest BCUT2D eigenvalue weighted by molar-refractivity contribution is 6.07. The Labute approximate surface area is 181 Å². The van der Waals surface area contributed by atoms with Crippen LogP contribution in [0.1, 0.15) is 16.1 Å². The molecule has 1 aromatic carbocycles. The number of halogens is 1. The van der Waals surface area contributed by atoms with Gasteiger partial charge in [-0.3, -0.25) is 9.48 Å². The number of nitrogens with one attached hydrogen (secondary N) is 1. The van der Waals surface area contributed by atoms with Gasteiger partial charge in [-0.05, 0) is 18.6 Å². The molecule has 0 atom stereocenters. The van der Waals surface area contributed by atoms with Crippen molar-refractivity contribution in [2.45, 2.75) is 6.92 Å². The summed E-state index contributed by atoms with van der Waals surface area (Å²) in [6, 6.07) is 12.6. The fraction of sp³-hybridized carbons (Fsp3) is 0.0909. The number of benzene rings is 1. The lowest BCUT2D eigenvalue weighted by Crippen LogP contribution is -2.18. The van der Waals surface area contributed by atoms with Gasteiger partial charge in [-0.2, -0.15) is 15.3 Å². The summed E-state index contributed by atoms with van der Waals surface area (Å²) in [4.78, 5) is 17.5. The summed E-state index contributed by atoms with van der Waals surface area (Å²) >= 11 is 0. The molecule has 9 nitrogen and oxygen atoms in total. The summed E-state index contributed by atoms with van der Waals surface area (Å²) in [5, 5.41) is 19.1. The van der Waals surface area contributed by atoms with Crippen molar-refractivity contribution in [3.8, 4) is 22.6 Å². The van der Waals surface area contributed by atoms with Crippen molar-refractivity contribution in [3.63, 3.8) is 0 Å². The first kappa shape index (κ1) is 19.5. The Morgan fingerprint density at radius 2 is 1.94 bits per heavy atom. The lowest BCUT2D eigenvalue weighted by atomic mass is 10.1. The first-order valence-electron chi connectivity index (χ1n) is 9.74. The molecule has 0 aliphatic rings. The lowest BCUT2D eigenvalue weighted by molar-refractivity contribution is 0.101. The summed E-state index contributed by atoms with van der Waals surface area (Å²) in [6.45, 7) is 1.88. The normalized spacial score (nSPS) is 11.1. The van der Waals surface area contributed by atoms with Gasteiger partial charge in [0.1, 0.15) is 5.69 Å². The Morgan fingerprint density at radius 3 is 2.72 bits per heavy atom. The number of amides is 1. The third-order valence-electron chi connectivity index (χ3n) is 4.93. The molecule has 5 aromatic rings. The number of anilines is 1. The predicted molar refractivity (Wildman–Crippen MR) is 115 cm³/mol. The molecule has 4 aromatic heterocycles. The van der Waals surface area contributed by atoms with Crippen LogP contribution in [0.15, 0.2) is 61.1 Å². The molecule has 0 radical (unpaired) electrons. The molecule has 0 aliphatic heterocycles. The van der Waals surface area contributed by atoms with E-state index in [1.807, 2.05) is 37.3 Å². The van der Waals surface area contributed by atoms with Crippen LogP contribution in [0.5, 0.6) is 0 Å². The standard InChI is InChI=1S/C22H17FN8O/c1-13-8-17(28-24-10-13)15-11-25-30(2)20(15)22(32)26-18-9-19-27-21(14-6-4-3-5-7-14)29-31(19)12-16(18)23/h3-12H,1-2H3,(H,26,32). The van der Waals surface area contributed by atoms with Gasteiger partial charge < -0.3 is 5.32 Å². The minimum atomic E-state index is -0.644. The number of nitrogens with zero attached hydrogens (tertiary/aromatic N) is 7. The van der Waals surface area contributed by atoms with Gasteiger partial charge in [0.25, 0.3) is 5.91 Å². The third-order valence-corrected chi connectivity index (χ3v) is 4.93. The number of aromatic nitrogens is 7. The molecule has 158 valence electrons. The average molecular weight is 428 g/mol. The second-order valence-corrected chi connectivity index (χ2v) is 7.24. The Kier molecular flexibility index (Phi) is 4.66. The molecule has 0 fully saturated rings. The second-order valence-electron chi connectivity index (χ2n) is 7.24. The molecular weight excluding hydrogens is 411 g/mol. The zero-order valence-electron chi connectivity index (χ0n) is 17.2. The number of carbonyl (C=O) groups is 1. The average Bonchev–Trinajstić information content (AvgIpc) is 3.38. The van der Waals surface area contributed by atoms with Crippen molar-refractivity contribution in [1.29, 1.82) is 0 Å². The molecule has 4 heterocycles. The maximum absolute atomic E-state index is 14.8. The molecule has 5 rings (SSSR count). The Balaban J connectivity index is 1.49. The fourth-order valence-electron chi connectivity index (χ4n) is 3.38. The zero-order chi connectivity index (χ0) is 22.2. The maximum Gasteiger partial charge on any atom is 0.274 e. The van der Waals surface area contributed by atoms with Gasteiger partial charge in [-0.15, -0.1) is 5.10 Å². The first-order valence-corrected chi connectivity index (χ1v) is 9.74. The SMILES string of the molecule is Cc1cnnc(-c2cnn(C)c2C(=O)Nc2cc3nc(-c4ccccc4)nn3cc2F)c1. The van der Waals surface area contributed by atoms with Crippen molar-refractivity contribution in [1.82, 2.24) is 34.6 Å². The van der Waals surface area contributed by atoms with Crippen LogP contribution in [0.2, 0.25) is 0 Å². The van der Waals surface area contributed by atoms with E-state index in [4.69, 9.17) is 0 Å². The molecule has 1 amide bonds. The van der Waals surface area contributed by atoms with Crippen LogP contribution < -0.4 is 5.32 Å². The van der Waals surface area contributed by atoms with E-state index < -0.39 is 11.7 Å². The van der Waals surface area contributed by atoms with Gasteiger partial charge in [0.05, 0.1) is 35.5 Å². The molecule has 1 N–H and O–H groups in total. The summed E-state index contributed by atoms with van der Waals surface area (Å²) < 4.78 is 17.5. The molecule has 0 saturated carbocycles. The van der Waals surface area contributed by atoms with E-state index in [9.17, 15) is 9.18 Å². The van der Waals surface area contributed by atoms with Crippen LogP contribution in [-0.2, 0) is 7.05 Å². The molecule has 0 spiro atoms. The van der Waals surface area contributed by atoms with Crippen molar-refractivity contribution >= 4 is 17.2 Å². The van der Waals surface area contributed by atoms with E-state index in [2.05, 4.69) is 30.7 Å². The Hall–Kier alpha value is -4.47. The highest BCUT2D eigenvalue weighted by atomic mass is 19.1. The number of carbonyl (C=O) groups excluding carboxylic acids is 1. The highest BCUT2D eigenvalue weighted by Gasteiger charge is 2.21. The van der Waals surface area contributed by atoms with Crippen LogP contribution in [-0.4, -0.2) is 40.5 Å². The quantitative estimate of drug-likeness (QED) is 0.471. The summed E-state index contributed by atoms with van der Waals surface area (Å²) in [5.41, 5.74) is 3.31. The van der Waals surface area contributed by atoms with Gasteiger partial charge in [0.15, 0.2) is 17.3 Å². The van der Waals surface area contributed by atoms with Crippen molar-refractivity contribution in [2.24, 2.45) is 7.05 Å². The van der Waals surface area contributed by atoms with E-state index in [1.54, 1.807) is 19.3 Å². The van der Waals surface area contributed by atoms with E-state index >= 15 is 0 Å². The Morgan fingerprint density at radius 1 is 1.12 bits per heavy atom. The van der Waals surface area contributed by atoms with Crippen LogP contribution in [0.4, 0.5) is 10.1 Å². The highest BCUT2D eigenvalue weighted by Crippen LogP contribution is 2.24. The van der Waals surface area contributed by atoms with Crippen LogP contribution in [0.3, 0.4) is 0 Å². The van der Waals surface area contributed by atoms with E-state index in [-0.39, 0.29) is 11.4 Å². The van der Waals surface area contributed by atoms with Gasteiger partial charge in [-0.25, -0.2) is 13.9 Å². The van der Waals surface area contributed by atoms with Gasteiger partial charge >= 0.3 is 0 Å². The topological polar surface area (TPSA) is 103 Å². The minimum absolute atomic E-state index is 0.0167. The smallest absolute Gasteiger partial charge is 0.274 e. The van der Waals surface area contributed by atoms with Gasteiger partial charge in [-0.1, -0.05) is 30.3 Å². The number of hydrogen-bond acceptors (Lipinski definition) is 6. The zero-order valence-corrected chi connectivity index (χ0v) is 17.2. The van der Waals surface area contributed by atoms with Crippen LogP contribution in [0, 0.1) is 12.7 Å². The third kappa shape index (κ3) is 3.47. The number of pyridine rings is 1. The van der Waals surface area contributed by atoms with Gasteiger partial charge in [0.2, 0.25) is 0 Å². The molecule has 0 saturated heterocycles. The molecule has 10 heteroatoms. The van der Waals surface area contributed by atoms with Crippen molar-refractivity contribution in [2.75, 3.05) is 5.32 Å². The largest absolute Gasteiger partial charge is 0.318 e. The van der Waals surface area contributed by atoms with Crippen molar-refractivity contribution < 1.29 is 9.18 Å². The second kappa shape index (κ2) is 7.65. The van der Waals surface area contributed by atoms with E-state index in [0.717, 1.165) is 11.1 Å². The van der Waals surface area contributed by atoms with Crippen LogP contribution in [0.25, 0.3) is 28.3 Å². The van der Waals surface area contributed by atoms with Gasteiger partial charge in [0, 0.05) is 18.7 Å². The summed E-state index contributed by atoms with van der Waals surface area (Å²) in [7, 11) is 1.63. The monoisotopic (exact) mass is 428 g/mol. The lowest BCUT2D eigenvalue weighted by Gasteiger charge is -2.09. The number of hydrogen-bond donors (Lipinski definition) is 1. The molecular formula is C22H17FN8O.